The Kier molecular flexibility index (Phi) is 4.01. The van der Waals surface area contributed by atoms with Gasteiger partial charge in [0, 0.05) is 10.3 Å². The first-order valence-corrected chi connectivity index (χ1v) is 8.50. The third kappa shape index (κ3) is 3.03. The predicted molar refractivity (Wildman–Crippen MR) is 97.7 cm³/mol. The molecule has 0 amide bonds. The number of benzene rings is 3. The van der Waals surface area contributed by atoms with Gasteiger partial charge in [0.05, 0.1) is 5.52 Å². The maximum atomic E-state index is 13.1. The molecule has 1 aromatic heterocycles. The third-order valence-electron chi connectivity index (χ3n) is 3.81. The van der Waals surface area contributed by atoms with E-state index in [0.29, 0.717) is 0 Å². The van der Waals surface area contributed by atoms with Crippen molar-refractivity contribution in [2.75, 3.05) is 0 Å². The van der Waals surface area contributed by atoms with Crippen LogP contribution in [0.2, 0.25) is 0 Å². The van der Waals surface area contributed by atoms with Gasteiger partial charge in [0.2, 0.25) is 0 Å². The van der Waals surface area contributed by atoms with E-state index < -0.39 is 0 Å². The van der Waals surface area contributed by atoms with Gasteiger partial charge in [-0.2, -0.15) is 0 Å². The number of fused-ring (bicyclic) bond motifs is 1. The Morgan fingerprint density at radius 2 is 1.46 bits per heavy atom. The van der Waals surface area contributed by atoms with Gasteiger partial charge in [0.1, 0.15) is 10.8 Å². The molecule has 0 bridgehead atoms. The zero-order valence-corrected chi connectivity index (χ0v) is 13.6. The van der Waals surface area contributed by atoms with E-state index in [0.717, 1.165) is 32.0 Å². The van der Waals surface area contributed by atoms with Crippen molar-refractivity contribution in [1.82, 2.24) is 4.98 Å². The van der Waals surface area contributed by atoms with Crippen LogP contribution >= 0.6 is 11.8 Å². The maximum absolute atomic E-state index is 13.1. The summed E-state index contributed by atoms with van der Waals surface area (Å²) < 4.78 is 13.1. The molecule has 0 N–H and O–H groups in total. The fraction of sp³-hybridized carbons (Fsp3) is 0. The zero-order chi connectivity index (χ0) is 16.4. The molecule has 0 aliphatic rings. The summed E-state index contributed by atoms with van der Waals surface area (Å²) in [4.78, 5) is 5.72. The topological polar surface area (TPSA) is 12.9 Å². The van der Waals surface area contributed by atoms with Gasteiger partial charge in [-0.15, -0.1) is 0 Å². The number of para-hydroxylation sites is 1. The minimum absolute atomic E-state index is 0.226. The van der Waals surface area contributed by atoms with E-state index in [1.54, 1.807) is 23.9 Å². The van der Waals surface area contributed by atoms with E-state index >= 15 is 0 Å². The van der Waals surface area contributed by atoms with Gasteiger partial charge in [-0.25, -0.2) is 9.37 Å². The SMILES string of the molecule is Fc1ccc(Sc2cc(-c3ccccc3)c3ccccc3n2)cc1. The van der Waals surface area contributed by atoms with Gasteiger partial charge in [0.15, 0.2) is 0 Å². The van der Waals surface area contributed by atoms with Crippen LogP contribution in [-0.2, 0) is 0 Å². The monoisotopic (exact) mass is 331 g/mol. The van der Waals surface area contributed by atoms with E-state index in [1.807, 2.05) is 36.4 Å². The molecule has 0 radical (unpaired) electrons. The maximum Gasteiger partial charge on any atom is 0.123 e. The normalized spacial score (nSPS) is 10.9. The standard InChI is InChI=1S/C21H14FNS/c22-16-10-12-17(13-11-16)24-21-14-19(15-6-2-1-3-7-15)18-8-4-5-9-20(18)23-21/h1-14H. The van der Waals surface area contributed by atoms with Crippen LogP contribution in [0.3, 0.4) is 0 Å². The Morgan fingerprint density at radius 1 is 0.750 bits per heavy atom. The molecule has 4 rings (SSSR count). The molecule has 0 fully saturated rings. The van der Waals surface area contributed by atoms with Crippen molar-refractivity contribution in [1.29, 1.82) is 0 Å². The summed E-state index contributed by atoms with van der Waals surface area (Å²) in [6.07, 6.45) is 0. The van der Waals surface area contributed by atoms with Crippen molar-refractivity contribution in [3.63, 3.8) is 0 Å². The second-order valence-electron chi connectivity index (χ2n) is 5.45. The summed E-state index contributed by atoms with van der Waals surface area (Å²) in [5.74, 6) is -0.226. The predicted octanol–water partition coefficient (Wildman–Crippen LogP) is 6.19. The average molecular weight is 331 g/mol. The van der Waals surface area contributed by atoms with Crippen LogP contribution < -0.4 is 0 Å². The Morgan fingerprint density at radius 3 is 2.25 bits per heavy atom. The fourth-order valence-corrected chi connectivity index (χ4v) is 3.52. The minimum atomic E-state index is -0.226. The lowest BCUT2D eigenvalue weighted by Gasteiger charge is -2.10. The van der Waals surface area contributed by atoms with Crippen LogP contribution in [-0.4, -0.2) is 4.98 Å². The average Bonchev–Trinajstić information content (AvgIpc) is 2.64. The van der Waals surface area contributed by atoms with Gasteiger partial charge in [0.25, 0.3) is 0 Å². The molecule has 3 aromatic carbocycles. The number of hydrogen-bond acceptors (Lipinski definition) is 2. The van der Waals surface area contributed by atoms with Crippen LogP contribution in [0.15, 0.2) is 94.9 Å². The van der Waals surface area contributed by atoms with Crippen LogP contribution in [0.4, 0.5) is 4.39 Å². The highest BCUT2D eigenvalue weighted by molar-refractivity contribution is 7.99. The molecule has 0 saturated heterocycles. The number of aromatic nitrogens is 1. The highest BCUT2D eigenvalue weighted by Gasteiger charge is 2.09. The van der Waals surface area contributed by atoms with E-state index in [2.05, 4.69) is 24.3 Å². The Balaban J connectivity index is 1.83. The first-order chi connectivity index (χ1) is 11.8. The summed E-state index contributed by atoms with van der Waals surface area (Å²) in [6.45, 7) is 0. The van der Waals surface area contributed by atoms with Crippen LogP contribution in [0.25, 0.3) is 22.0 Å². The number of rotatable bonds is 3. The Hall–Kier alpha value is -2.65. The number of hydrogen-bond donors (Lipinski definition) is 0. The van der Waals surface area contributed by atoms with Gasteiger partial charge in [-0.3, -0.25) is 0 Å². The minimum Gasteiger partial charge on any atom is -0.241 e. The van der Waals surface area contributed by atoms with Crippen LogP contribution in [0.1, 0.15) is 0 Å². The molecule has 3 heteroatoms. The van der Waals surface area contributed by atoms with Gasteiger partial charge >= 0.3 is 0 Å². The van der Waals surface area contributed by atoms with Gasteiger partial charge < -0.3 is 0 Å². The largest absolute Gasteiger partial charge is 0.241 e. The lowest BCUT2D eigenvalue weighted by molar-refractivity contribution is 0.626. The second-order valence-corrected chi connectivity index (χ2v) is 6.54. The summed E-state index contributed by atoms with van der Waals surface area (Å²) in [5.41, 5.74) is 3.28. The highest BCUT2D eigenvalue weighted by atomic mass is 32.2. The molecule has 1 nitrogen and oxygen atoms in total. The van der Waals surface area contributed by atoms with Crippen molar-refractivity contribution in [2.24, 2.45) is 0 Å². The van der Waals surface area contributed by atoms with E-state index in [9.17, 15) is 4.39 Å². The highest BCUT2D eigenvalue weighted by Crippen LogP contribution is 2.34. The molecule has 0 saturated carbocycles. The van der Waals surface area contributed by atoms with E-state index in [-0.39, 0.29) is 5.82 Å². The molecule has 0 spiro atoms. The summed E-state index contributed by atoms with van der Waals surface area (Å²) in [7, 11) is 0. The van der Waals surface area contributed by atoms with Crippen molar-refractivity contribution in [3.8, 4) is 11.1 Å². The zero-order valence-electron chi connectivity index (χ0n) is 12.8. The molecule has 24 heavy (non-hydrogen) atoms. The quantitative estimate of drug-likeness (QED) is 0.444. The number of halogens is 1. The third-order valence-corrected chi connectivity index (χ3v) is 4.74. The first kappa shape index (κ1) is 14.9. The molecule has 1 heterocycles. The van der Waals surface area contributed by atoms with Crippen LogP contribution in [0.5, 0.6) is 0 Å². The van der Waals surface area contributed by atoms with Crippen molar-refractivity contribution < 1.29 is 4.39 Å². The molecule has 4 aromatic rings. The lowest BCUT2D eigenvalue weighted by atomic mass is 10.0. The Bertz CT molecular complexity index is 982. The smallest absolute Gasteiger partial charge is 0.123 e. The van der Waals surface area contributed by atoms with Crippen molar-refractivity contribution in [2.45, 2.75) is 9.92 Å². The van der Waals surface area contributed by atoms with E-state index in [4.69, 9.17) is 4.98 Å². The van der Waals surface area contributed by atoms with Gasteiger partial charge in [-0.05, 0) is 47.5 Å². The summed E-state index contributed by atoms with van der Waals surface area (Å²) in [6, 6.07) is 27.1. The van der Waals surface area contributed by atoms with Crippen molar-refractivity contribution >= 4 is 22.7 Å². The fourth-order valence-electron chi connectivity index (χ4n) is 2.68. The molecular weight excluding hydrogens is 317 g/mol. The van der Waals surface area contributed by atoms with Crippen molar-refractivity contribution in [3.05, 3.63) is 90.7 Å². The van der Waals surface area contributed by atoms with Gasteiger partial charge in [-0.1, -0.05) is 60.3 Å². The lowest BCUT2D eigenvalue weighted by Crippen LogP contribution is -1.88. The molecule has 0 aliphatic carbocycles. The van der Waals surface area contributed by atoms with E-state index in [1.165, 1.54) is 12.1 Å². The molecule has 0 unspecified atom stereocenters. The second kappa shape index (κ2) is 6.46. The van der Waals surface area contributed by atoms with Crippen LogP contribution in [0, 0.1) is 5.82 Å². The summed E-state index contributed by atoms with van der Waals surface area (Å²) >= 11 is 1.54. The molecule has 0 aliphatic heterocycles. The Labute approximate surface area is 144 Å². The first-order valence-electron chi connectivity index (χ1n) is 7.68. The molecular formula is C21H14FNS. The number of pyridine rings is 1. The molecule has 0 atom stereocenters. The number of nitrogens with zero attached hydrogens (tertiary/aromatic N) is 1. The summed E-state index contributed by atoms with van der Waals surface area (Å²) in [5, 5.41) is 2.03. The molecule has 116 valence electrons.